The molecule has 0 aliphatic heterocycles. The van der Waals surface area contributed by atoms with E-state index in [0.29, 0.717) is 6.61 Å². The van der Waals surface area contributed by atoms with Gasteiger partial charge in [-0.3, -0.25) is 14.7 Å². The smallest absolute Gasteiger partial charge is 0.0883 e. The Morgan fingerprint density at radius 2 is 2.06 bits per heavy atom. The first kappa shape index (κ1) is 10.7. The monoisotopic (exact) mass is 217 g/mol. The van der Waals surface area contributed by atoms with Gasteiger partial charge >= 0.3 is 0 Å². The summed E-state index contributed by atoms with van der Waals surface area (Å²) in [6, 6.07) is 7.99. The molecule has 0 amide bonds. The molecule has 0 N–H and O–H groups in total. The summed E-state index contributed by atoms with van der Waals surface area (Å²) >= 11 is 0. The number of pyridine rings is 1. The van der Waals surface area contributed by atoms with Crippen molar-refractivity contribution in [2.45, 2.75) is 6.61 Å². The fraction of sp³-hybridized carbons (Fsp3) is 0.250. The minimum atomic E-state index is 0.600. The molecule has 0 radical (unpaired) electrons. The van der Waals surface area contributed by atoms with Crippen molar-refractivity contribution in [3.05, 3.63) is 48.5 Å². The largest absolute Gasteiger partial charge is 0.378 e. The van der Waals surface area contributed by atoms with E-state index in [1.54, 1.807) is 19.5 Å². The minimum Gasteiger partial charge on any atom is -0.378 e. The molecule has 0 aromatic carbocycles. The summed E-state index contributed by atoms with van der Waals surface area (Å²) in [4.78, 5) is 4.01. The van der Waals surface area contributed by atoms with E-state index in [-0.39, 0.29) is 0 Å². The Balaban J connectivity index is 2.27. The number of nitrogens with zero attached hydrogens (tertiary/aromatic N) is 3. The molecule has 2 aromatic heterocycles. The summed E-state index contributed by atoms with van der Waals surface area (Å²) in [5.74, 6) is 0. The summed E-state index contributed by atoms with van der Waals surface area (Å²) in [7, 11) is 3.71. The zero-order chi connectivity index (χ0) is 11.4. The molecule has 0 spiro atoms. The molecule has 2 rings (SSSR count). The van der Waals surface area contributed by atoms with E-state index in [1.807, 2.05) is 37.5 Å². The van der Waals surface area contributed by atoms with Crippen molar-refractivity contribution >= 4 is 5.69 Å². The molecule has 0 aliphatic rings. The normalized spacial score (nSPS) is 10.4. The van der Waals surface area contributed by atoms with E-state index in [9.17, 15) is 0 Å². The second-order valence-corrected chi connectivity index (χ2v) is 3.51. The number of methoxy groups -OCH3 is 1. The second-order valence-electron chi connectivity index (χ2n) is 3.51. The third-order valence-corrected chi connectivity index (χ3v) is 2.46. The second kappa shape index (κ2) is 4.81. The van der Waals surface area contributed by atoms with Crippen LogP contribution in [0.2, 0.25) is 0 Å². The molecule has 0 atom stereocenters. The highest BCUT2D eigenvalue weighted by atomic mass is 16.5. The van der Waals surface area contributed by atoms with Gasteiger partial charge in [0.15, 0.2) is 0 Å². The standard InChI is InChI=1S/C12H15N3O/c1-14(11-5-7-13-8-6-11)15-9-3-4-12(15)10-16-2/h3-9H,10H2,1-2H3. The van der Waals surface area contributed by atoms with Gasteiger partial charge in [-0.15, -0.1) is 0 Å². The number of ether oxygens (including phenoxy) is 1. The lowest BCUT2D eigenvalue weighted by Crippen LogP contribution is -2.25. The lowest BCUT2D eigenvalue weighted by molar-refractivity contribution is 0.178. The zero-order valence-electron chi connectivity index (χ0n) is 9.50. The van der Waals surface area contributed by atoms with E-state index in [1.165, 1.54) is 0 Å². The summed E-state index contributed by atoms with van der Waals surface area (Å²) in [5.41, 5.74) is 2.20. The quantitative estimate of drug-likeness (QED) is 0.784. The van der Waals surface area contributed by atoms with Gasteiger partial charge in [0.25, 0.3) is 0 Å². The van der Waals surface area contributed by atoms with E-state index in [4.69, 9.17) is 4.74 Å². The Morgan fingerprint density at radius 3 is 2.75 bits per heavy atom. The molecule has 0 fully saturated rings. The Labute approximate surface area is 95.1 Å². The van der Waals surface area contributed by atoms with Crippen molar-refractivity contribution in [1.82, 2.24) is 9.66 Å². The van der Waals surface area contributed by atoms with Crippen LogP contribution < -0.4 is 5.01 Å². The highest BCUT2D eigenvalue weighted by Gasteiger charge is 2.06. The van der Waals surface area contributed by atoms with Crippen molar-refractivity contribution in [2.24, 2.45) is 0 Å². The van der Waals surface area contributed by atoms with Gasteiger partial charge in [0.2, 0.25) is 0 Å². The fourth-order valence-electron chi connectivity index (χ4n) is 1.65. The number of anilines is 1. The van der Waals surface area contributed by atoms with Gasteiger partial charge < -0.3 is 4.74 Å². The van der Waals surface area contributed by atoms with E-state index in [0.717, 1.165) is 11.4 Å². The van der Waals surface area contributed by atoms with Crippen LogP contribution in [0.4, 0.5) is 5.69 Å². The van der Waals surface area contributed by atoms with Crippen LogP contribution in [0.25, 0.3) is 0 Å². The summed E-state index contributed by atoms with van der Waals surface area (Å²) in [5, 5.41) is 2.05. The van der Waals surface area contributed by atoms with Crippen LogP contribution in [-0.2, 0) is 11.3 Å². The molecule has 84 valence electrons. The third kappa shape index (κ3) is 2.06. The maximum Gasteiger partial charge on any atom is 0.0883 e. The van der Waals surface area contributed by atoms with Crippen molar-refractivity contribution < 1.29 is 4.74 Å². The number of rotatable bonds is 4. The van der Waals surface area contributed by atoms with Crippen molar-refractivity contribution in [2.75, 3.05) is 19.2 Å². The maximum atomic E-state index is 5.15. The maximum absolute atomic E-state index is 5.15. The fourth-order valence-corrected chi connectivity index (χ4v) is 1.65. The molecule has 0 saturated carbocycles. The van der Waals surface area contributed by atoms with Crippen LogP contribution in [0.1, 0.15) is 5.69 Å². The van der Waals surface area contributed by atoms with E-state index >= 15 is 0 Å². The third-order valence-electron chi connectivity index (χ3n) is 2.46. The zero-order valence-corrected chi connectivity index (χ0v) is 9.50. The Bertz CT molecular complexity index is 439. The van der Waals surface area contributed by atoms with E-state index < -0.39 is 0 Å². The van der Waals surface area contributed by atoms with Gasteiger partial charge in [0, 0.05) is 32.7 Å². The van der Waals surface area contributed by atoms with Gasteiger partial charge in [-0.2, -0.15) is 0 Å². The Morgan fingerprint density at radius 1 is 1.31 bits per heavy atom. The predicted octanol–water partition coefficient (Wildman–Crippen LogP) is 1.93. The number of hydrogen-bond donors (Lipinski definition) is 0. The SMILES string of the molecule is COCc1cccn1N(C)c1ccncc1. The van der Waals surface area contributed by atoms with Crippen LogP contribution >= 0.6 is 0 Å². The van der Waals surface area contributed by atoms with Crippen LogP contribution in [-0.4, -0.2) is 23.8 Å². The summed E-state index contributed by atoms with van der Waals surface area (Å²) < 4.78 is 7.21. The lowest BCUT2D eigenvalue weighted by atomic mass is 10.4. The van der Waals surface area contributed by atoms with Crippen LogP contribution in [0, 0.1) is 0 Å². The van der Waals surface area contributed by atoms with Crippen LogP contribution in [0.15, 0.2) is 42.9 Å². The molecule has 4 heteroatoms. The lowest BCUT2D eigenvalue weighted by Gasteiger charge is -2.23. The highest BCUT2D eigenvalue weighted by Crippen LogP contribution is 2.14. The van der Waals surface area contributed by atoms with Gasteiger partial charge in [0.05, 0.1) is 18.0 Å². The van der Waals surface area contributed by atoms with Gasteiger partial charge in [0.1, 0.15) is 0 Å². The van der Waals surface area contributed by atoms with Crippen molar-refractivity contribution in [3.63, 3.8) is 0 Å². The minimum absolute atomic E-state index is 0.600. The van der Waals surface area contributed by atoms with Crippen molar-refractivity contribution in [3.8, 4) is 0 Å². The molecule has 0 saturated heterocycles. The number of aromatic nitrogens is 2. The Hall–Kier alpha value is -1.81. The van der Waals surface area contributed by atoms with Crippen LogP contribution in [0.3, 0.4) is 0 Å². The van der Waals surface area contributed by atoms with E-state index in [2.05, 4.69) is 14.7 Å². The van der Waals surface area contributed by atoms with Crippen LogP contribution in [0.5, 0.6) is 0 Å². The Kier molecular flexibility index (Phi) is 3.22. The average Bonchev–Trinajstić information content (AvgIpc) is 2.78. The first-order chi connectivity index (χ1) is 7.83. The molecule has 0 bridgehead atoms. The summed E-state index contributed by atoms with van der Waals surface area (Å²) in [6.45, 7) is 0.600. The van der Waals surface area contributed by atoms with Crippen molar-refractivity contribution in [1.29, 1.82) is 0 Å². The first-order valence-electron chi connectivity index (χ1n) is 5.12. The van der Waals surface area contributed by atoms with Gasteiger partial charge in [-0.1, -0.05) is 0 Å². The highest BCUT2D eigenvalue weighted by molar-refractivity contribution is 5.43. The molecule has 4 nitrogen and oxygen atoms in total. The molecular formula is C12H15N3O. The first-order valence-corrected chi connectivity index (χ1v) is 5.12. The van der Waals surface area contributed by atoms with Gasteiger partial charge in [-0.25, -0.2) is 0 Å². The molecular weight excluding hydrogens is 202 g/mol. The number of hydrogen-bond acceptors (Lipinski definition) is 3. The van der Waals surface area contributed by atoms with Gasteiger partial charge in [-0.05, 0) is 24.3 Å². The molecule has 0 aliphatic carbocycles. The average molecular weight is 217 g/mol. The molecule has 2 aromatic rings. The molecule has 2 heterocycles. The summed E-state index contributed by atoms with van der Waals surface area (Å²) in [6.07, 6.45) is 5.57. The molecule has 16 heavy (non-hydrogen) atoms. The topological polar surface area (TPSA) is 30.3 Å². The predicted molar refractivity (Wildman–Crippen MR) is 63.2 cm³/mol. The molecule has 0 unspecified atom stereocenters.